The molecule has 0 aliphatic heterocycles. The second kappa shape index (κ2) is 4.61. The molecule has 6 heteroatoms. The van der Waals surface area contributed by atoms with Gasteiger partial charge in [-0.3, -0.25) is 0 Å². The number of nitrogens with zero attached hydrogens (tertiary/aromatic N) is 3. The fraction of sp³-hybridized carbons (Fsp3) is 0.667. The molecule has 1 aromatic heterocycles. The minimum absolute atomic E-state index is 0.213. The summed E-state index contributed by atoms with van der Waals surface area (Å²) in [6.07, 6.45) is 3.93. The Morgan fingerprint density at radius 3 is 2.60 bits per heavy atom. The van der Waals surface area contributed by atoms with Crippen LogP contribution in [0, 0.1) is 5.92 Å². The predicted octanol–water partition coefficient (Wildman–Crippen LogP) is 1.78. The molecule has 1 aliphatic rings. The average Bonchev–Trinajstić information content (AvgIpc) is 2.14. The Balaban J connectivity index is 1.96. The molecule has 1 aliphatic carbocycles. The molecule has 0 radical (unpaired) electrons. The Labute approximate surface area is 93.7 Å². The number of aromatic nitrogens is 3. The standard InChI is InChI=1S/C9H14ClN5/c1-11-8-13-7(10)14-9(15-8)12-5-6-3-2-4-6/h6H,2-5H2,1H3,(H2,11,12,13,14,15). The van der Waals surface area contributed by atoms with E-state index < -0.39 is 0 Å². The highest BCUT2D eigenvalue weighted by Gasteiger charge is 2.17. The topological polar surface area (TPSA) is 62.7 Å². The third-order valence-electron chi connectivity index (χ3n) is 2.61. The number of halogens is 1. The summed E-state index contributed by atoms with van der Waals surface area (Å²) in [5, 5.41) is 6.23. The maximum absolute atomic E-state index is 5.75. The molecule has 0 spiro atoms. The van der Waals surface area contributed by atoms with E-state index >= 15 is 0 Å². The van der Waals surface area contributed by atoms with E-state index in [1.807, 2.05) is 0 Å². The van der Waals surface area contributed by atoms with Crippen molar-refractivity contribution in [1.82, 2.24) is 15.0 Å². The predicted molar refractivity (Wildman–Crippen MR) is 60.2 cm³/mol. The van der Waals surface area contributed by atoms with Crippen molar-refractivity contribution in [2.45, 2.75) is 19.3 Å². The Kier molecular flexibility index (Phi) is 3.20. The molecular weight excluding hydrogens is 214 g/mol. The molecule has 1 aromatic rings. The minimum atomic E-state index is 0.213. The smallest absolute Gasteiger partial charge is 0.228 e. The number of anilines is 2. The first kappa shape index (κ1) is 10.4. The summed E-state index contributed by atoms with van der Waals surface area (Å²) in [6, 6.07) is 0. The van der Waals surface area contributed by atoms with Gasteiger partial charge in [-0.1, -0.05) is 6.42 Å². The quantitative estimate of drug-likeness (QED) is 0.821. The maximum Gasteiger partial charge on any atom is 0.228 e. The van der Waals surface area contributed by atoms with Crippen molar-refractivity contribution in [3.05, 3.63) is 5.28 Å². The molecule has 1 saturated carbocycles. The Bertz CT molecular complexity index is 339. The summed E-state index contributed by atoms with van der Waals surface area (Å²) in [6.45, 7) is 0.920. The molecule has 2 rings (SSSR count). The molecule has 5 nitrogen and oxygen atoms in total. The zero-order valence-corrected chi connectivity index (χ0v) is 9.38. The van der Waals surface area contributed by atoms with Crippen molar-refractivity contribution in [3.63, 3.8) is 0 Å². The number of rotatable bonds is 4. The van der Waals surface area contributed by atoms with Crippen LogP contribution >= 0.6 is 11.6 Å². The molecule has 1 fully saturated rings. The van der Waals surface area contributed by atoms with Gasteiger partial charge in [-0.25, -0.2) is 0 Å². The highest BCUT2D eigenvalue weighted by molar-refractivity contribution is 6.28. The molecular formula is C9H14ClN5. The number of nitrogens with one attached hydrogen (secondary N) is 2. The van der Waals surface area contributed by atoms with E-state index in [9.17, 15) is 0 Å². The third kappa shape index (κ3) is 2.68. The first-order chi connectivity index (χ1) is 7.28. The van der Waals surface area contributed by atoms with Gasteiger partial charge in [0.25, 0.3) is 0 Å². The monoisotopic (exact) mass is 227 g/mol. The second-order valence-electron chi connectivity index (χ2n) is 3.68. The molecule has 0 bridgehead atoms. The van der Waals surface area contributed by atoms with Crippen molar-refractivity contribution in [2.75, 3.05) is 24.2 Å². The Morgan fingerprint density at radius 2 is 2.00 bits per heavy atom. The van der Waals surface area contributed by atoms with Gasteiger partial charge in [0.05, 0.1) is 0 Å². The van der Waals surface area contributed by atoms with Crippen LogP contribution in [0.3, 0.4) is 0 Å². The highest BCUT2D eigenvalue weighted by atomic mass is 35.5. The van der Waals surface area contributed by atoms with E-state index in [4.69, 9.17) is 11.6 Å². The molecule has 0 atom stereocenters. The van der Waals surface area contributed by atoms with E-state index in [1.54, 1.807) is 7.05 Å². The van der Waals surface area contributed by atoms with Gasteiger partial charge >= 0.3 is 0 Å². The van der Waals surface area contributed by atoms with E-state index in [1.165, 1.54) is 19.3 Å². The van der Waals surface area contributed by atoms with Gasteiger partial charge in [-0.2, -0.15) is 15.0 Å². The molecule has 1 heterocycles. The fourth-order valence-corrected chi connectivity index (χ4v) is 1.63. The van der Waals surface area contributed by atoms with E-state index in [0.717, 1.165) is 12.5 Å². The van der Waals surface area contributed by atoms with Crippen LogP contribution in [0.5, 0.6) is 0 Å². The Hall–Kier alpha value is -1.10. The molecule has 0 amide bonds. The lowest BCUT2D eigenvalue weighted by Crippen LogP contribution is -2.22. The lowest BCUT2D eigenvalue weighted by molar-refractivity contribution is 0.333. The summed E-state index contributed by atoms with van der Waals surface area (Å²) in [5.74, 6) is 1.80. The van der Waals surface area contributed by atoms with Gasteiger partial charge in [0.1, 0.15) is 0 Å². The van der Waals surface area contributed by atoms with Gasteiger partial charge in [0, 0.05) is 13.6 Å². The van der Waals surface area contributed by atoms with E-state index in [-0.39, 0.29) is 5.28 Å². The molecule has 15 heavy (non-hydrogen) atoms. The van der Waals surface area contributed by atoms with Crippen LogP contribution in [-0.2, 0) is 0 Å². The van der Waals surface area contributed by atoms with Crippen LogP contribution in [0.25, 0.3) is 0 Å². The lowest BCUT2D eigenvalue weighted by atomic mass is 9.85. The molecule has 0 unspecified atom stereocenters. The van der Waals surface area contributed by atoms with Crippen molar-refractivity contribution in [2.24, 2.45) is 5.92 Å². The van der Waals surface area contributed by atoms with Crippen molar-refractivity contribution < 1.29 is 0 Å². The molecule has 82 valence electrons. The first-order valence-electron chi connectivity index (χ1n) is 5.11. The van der Waals surface area contributed by atoms with Gasteiger partial charge in [0.15, 0.2) is 0 Å². The van der Waals surface area contributed by atoms with Gasteiger partial charge in [-0.05, 0) is 30.4 Å². The van der Waals surface area contributed by atoms with E-state index in [2.05, 4.69) is 25.6 Å². The SMILES string of the molecule is CNc1nc(Cl)nc(NCC2CCC2)n1. The van der Waals surface area contributed by atoms with Crippen molar-refractivity contribution >= 4 is 23.5 Å². The maximum atomic E-state index is 5.75. The van der Waals surface area contributed by atoms with Crippen LogP contribution < -0.4 is 10.6 Å². The summed E-state index contributed by atoms with van der Waals surface area (Å²) < 4.78 is 0. The van der Waals surface area contributed by atoms with Crippen molar-refractivity contribution in [3.8, 4) is 0 Å². The second-order valence-corrected chi connectivity index (χ2v) is 4.02. The molecule has 0 aromatic carbocycles. The average molecular weight is 228 g/mol. The zero-order valence-electron chi connectivity index (χ0n) is 8.63. The van der Waals surface area contributed by atoms with Crippen LogP contribution in [-0.4, -0.2) is 28.5 Å². The minimum Gasteiger partial charge on any atom is -0.357 e. The molecule has 2 N–H and O–H groups in total. The van der Waals surface area contributed by atoms with Gasteiger partial charge in [-0.15, -0.1) is 0 Å². The summed E-state index contributed by atoms with van der Waals surface area (Å²) in [4.78, 5) is 12.1. The van der Waals surface area contributed by atoms with Crippen LogP contribution in [0.4, 0.5) is 11.9 Å². The number of hydrogen-bond donors (Lipinski definition) is 2. The van der Waals surface area contributed by atoms with Gasteiger partial charge in [0.2, 0.25) is 17.2 Å². The highest BCUT2D eigenvalue weighted by Crippen LogP contribution is 2.26. The largest absolute Gasteiger partial charge is 0.357 e. The van der Waals surface area contributed by atoms with E-state index in [0.29, 0.717) is 11.9 Å². The lowest BCUT2D eigenvalue weighted by Gasteiger charge is -2.25. The summed E-state index contributed by atoms with van der Waals surface area (Å²) in [5.41, 5.74) is 0. The molecule has 0 saturated heterocycles. The first-order valence-corrected chi connectivity index (χ1v) is 5.49. The third-order valence-corrected chi connectivity index (χ3v) is 2.77. The van der Waals surface area contributed by atoms with Crippen LogP contribution in [0.1, 0.15) is 19.3 Å². The number of hydrogen-bond acceptors (Lipinski definition) is 5. The van der Waals surface area contributed by atoms with Crippen LogP contribution in [0.15, 0.2) is 0 Å². The fourth-order valence-electron chi connectivity index (χ4n) is 1.47. The van der Waals surface area contributed by atoms with Gasteiger partial charge < -0.3 is 10.6 Å². The van der Waals surface area contributed by atoms with Crippen LogP contribution in [0.2, 0.25) is 5.28 Å². The summed E-state index contributed by atoms with van der Waals surface area (Å²) in [7, 11) is 1.75. The summed E-state index contributed by atoms with van der Waals surface area (Å²) >= 11 is 5.75. The zero-order chi connectivity index (χ0) is 10.7. The Morgan fingerprint density at radius 1 is 1.27 bits per heavy atom. The normalized spacial score (nSPS) is 15.9. The van der Waals surface area contributed by atoms with Crippen molar-refractivity contribution in [1.29, 1.82) is 0 Å².